The molecule has 0 spiro atoms. The molecule has 110 valence electrons. The molecule has 3 nitrogen and oxygen atoms in total. The zero-order valence-electron chi connectivity index (χ0n) is 13.2. The highest BCUT2D eigenvalue weighted by molar-refractivity contribution is 5.69. The number of aryl methyl sites for hydroxylation is 1. The van der Waals surface area contributed by atoms with Crippen LogP contribution in [-0.2, 0) is 4.74 Å². The minimum atomic E-state index is -0.439. The monoisotopic (exact) mass is 275 g/mol. The standard InChI is InChI=1S/C17H25NO2/c1-12-8-6-9-14(13(12)2)15-10-7-11-18(15)16(19)20-17(3,4)5/h6,8-9,15H,7,10-11H2,1-5H3. The van der Waals surface area contributed by atoms with Crippen LogP contribution in [0.15, 0.2) is 18.2 Å². The first-order valence-electron chi connectivity index (χ1n) is 7.35. The zero-order chi connectivity index (χ0) is 14.9. The summed E-state index contributed by atoms with van der Waals surface area (Å²) in [7, 11) is 0. The fourth-order valence-corrected chi connectivity index (χ4v) is 2.76. The van der Waals surface area contributed by atoms with Crippen LogP contribution in [0.1, 0.15) is 56.3 Å². The molecule has 0 aromatic heterocycles. The maximum Gasteiger partial charge on any atom is 0.410 e. The van der Waals surface area contributed by atoms with E-state index in [0.29, 0.717) is 0 Å². The van der Waals surface area contributed by atoms with Crippen molar-refractivity contribution in [1.82, 2.24) is 4.90 Å². The molecule has 2 rings (SSSR count). The van der Waals surface area contributed by atoms with Gasteiger partial charge < -0.3 is 9.64 Å². The lowest BCUT2D eigenvalue weighted by molar-refractivity contribution is 0.0224. The molecule has 1 unspecified atom stereocenters. The van der Waals surface area contributed by atoms with Crippen molar-refractivity contribution in [3.63, 3.8) is 0 Å². The molecule has 1 fully saturated rings. The second kappa shape index (κ2) is 5.47. The Labute approximate surface area is 121 Å². The number of carbonyl (C=O) groups is 1. The van der Waals surface area contributed by atoms with Crippen molar-refractivity contribution in [3.05, 3.63) is 34.9 Å². The predicted octanol–water partition coefficient (Wildman–Crippen LogP) is 4.38. The number of likely N-dealkylation sites (tertiary alicyclic amines) is 1. The Morgan fingerprint density at radius 3 is 2.65 bits per heavy atom. The number of benzene rings is 1. The average molecular weight is 275 g/mol. The summed E-state index contributed by atoms with van der Waals surface area (Å²) in [5, 5.41) is 0. The van der Waals surface area contributed by atoms with Crippen molar-refractivity contribution in [3.8, 4) is 0 Å². The Morgan fingerprint density at radius 1 is 1.30 bits per heavy atom. The molecule has 0 N–H and O–H groups in total. The highest BCUT2D eigenvalue weighted by Crippen LogP contribution is 2.35. The summed E-state index contributed by atoms with van der Waals surface area (Å²) in [6.45, 7) is 10.8. The minimum absolute atomic E-state index is 0.157. The van der Waals surface area contributed by atoms with Gasteiger partial charge in [0.25, 0.3) is 0 Å². The van der Waals surface area contributed by atoms with Gasteiger partial charge in [0.05, 0.1) is 6.04 Å². The van der Waals surface area contributed by atoms with Gasteiger partial charge in [-0.1, -0.05) is 18.2 Å². The normalized spacial score (nSPS) is 19.2. The van der Waals surface area contributed by atoms with E-state index < -0.39 is 5.60 Å². The van der Waals surface area contributed by atoms with Gasteiger partial charge in [-0.05, 0) is 64.2 Å². The number of rotatable bonds is 1. The Bertz CT molecular complexity index is 502. The van der Waals surface area contributed by atoms with E-state index in [2.05, 4.69) is 32.0 Å². The van der Waals surface area contributed by atoms with Gasteiger partial charge in [-0.15, -0.1) is 0 Å². The van der Waals surface area contributed by atoms with Gasteiger partial charge in [0, 0.05) is 6.54 Å². The highest BCUT2D eigenvalue weighted by Gasteiger charge is 2.33. The van der Waals surface area contributed by atoms with Crippen LogP contribution >= 0.6 is 0 Å². The predicted molar refractivity (Wildman–Crippen MR) is 80.8 cm³/mol. The fourth-order valence-electron chi connectivity index (χ4n) is 2.76. The quantitative estimate of drug-likeness (QED) is 0.761. The van der Waals surface area contributed by atoms with Gasteiger partial charge in [-0.2, -0.15) is 0 Å². The van der Waals surface area contributed by atoms with Crippen molar-refractivity contribution in [1.29, 1.82) is 0 Å². The molecule has 1 aliphatic rings. The third kappa shape index (κ3) is 3.14. The van der Waals surface area contributed by atoms with E-state index in [-0.39, 0.29) is 12.1 Å². The van der Waals surface area contributed by atoms with Gasteiger partial charge in [0.15, 0.2) is 0 Å². The number of carbonyl (C=O) groups excluding carboxylic acids is 1. The summed E-state index contributed by atoms with van der Waals surface area (Å²) in [6, 6.07) is 6.48. The zero-order valence-corrected chi connectivity index (χ0v) is 13.2. The molecule has 0 radical (unpaired) electrons. The van der Waals surface area contributed by atoms with Gasteiger partial charge in [0.2, 0.25) is 0 Å². The number of amides is 1. The molecule has 20 heavy (non-hydrogen) atoms. The topological polar surface area (TPSA) is 29.5 Å². The van der Waals surface area contributed by atoms with Crippen LogP contribution in [0.2, 0.25) is 0 Å². The summed E-state index contributed by atoms with van der Waals surface area (Å²) >= 11 is 0. The highest BCUT2D eigenvalue weighted by atomic mass is 16.6. The Hall–Kier alpha value is -1.51. The molecule has 1 heterocycles. The van der Waals surface area contributed by atoms with Crippen LogP contribution in [0.25, 0.3) is 0 Å². The molecular formula is C17H25NO2. The van der Waals surface area contributed by atoms with E-state index in [1.807, 2.05) is 25.7 Å². The smallest absolute Gasteiger partial charge is 0.410 e. The van der Waals surface area contributed by atoms with Crippen LogP contribution in [0.3, 0.4) is 0 Å². The fraction of sp³-hybridized carbons (Fsp3) is 0.588. The molecule has 1 aliphatic heterocycles. The summed E-state index contributed by atoms with van der Waals surface area (Å²) < 4.78 is 5.53. The van der Waals surface area contributed by atoms with Crippen LogP contribution in [0, 0.1) is 13.8 Å². The van der Waals surface area contributed by atoms with Gasteiger partial charge in [-0.25, -0.2) is 4.79 Å². The van der Waals surface area contributed by atoms with E-state index in [0.717, 1.165) is 19.4 Å². The maximum atomic E-state index is 12.3. The number of hydrogen-bond donors (Lipinski definition) is 0. The van der Waals surface area contributed by atoms with Crippen molar-refractivity contribution in [2.75, 3.05) is 6.54 Å². The maximum absolute atomic E-state index is 12.3. The molecule has 1 aromatic rings. The summed E-state index contributed by atoms with van der Waals surface area (Å²) in [5.41, 5.74) is 3.38. The van der Waals surface area contributed by atoms with E-state index in [1.165, 1.54) is 16.7 Å². The molecule has 1 saturated heterocycles. The third-order valence-electron chi connectivity index (χ3n) is 3.89. The van der Waals surface area contributed by atoms with Crippen molar-refractivity contribution in [2.24, 2.45) is 0 Å². The molecule has 0 saturated carbocycles. The first kappa shape index (κ1) is 14.9. The van der Waals surface area contributed by atoms with Gasteiger partial charge >= 0.3 is 6.09 Å². The minimum Gasteiger partial charge on any atom is -0.444 e. The van der Waals surface area contributed by atoms with Crippen LogP contribution in [0.5, 0.6) is 0 Å². The van der Waals surface area contributed by atoms with E-state index in [1.54, 1.807) is 0 Å². The molecule has 1 atom stereocenters. The molecule has 0 bridgehead atoms. The van der Waals surface area contributed by atoms with E-state index in [9.17, 15) is 4.79 Å². The average Bonchev–Trinajstić information content (AvgIpc) is 2.79. The third-order valence-corrected chi connectivity index (χ3v) is 3.89. The second-order valence-corrected chi connectivity index (χ2v) is 6.62. The number of nitrogens with zero attached hydrogens (tertiary/aromatic N) is 1. The summed E-state index contributed by atoms with van der Waals surface area (Å²) in [4.78, 5) is 14.2. The number of hydrogen-bond acceptors (Lipinski definition) is 2. The second-order valence-electron chi connectivity index (χ2n) is 6.62. The summed E-state index contributed by atoms with van der Waals surface area (Å²) in [5.74, 6) is 0. The van der Waals surface area contributed by atoms with Crippen LogP contribution in [0.4, 0.5) is 4.79 Å². The first-order chi connectivity index (χ1) is 9.29. The lowest BCUT2D eigenvalue weighted by Crippen LogP contribution is -2.36. The van der Waals surface area contributed by atoms with E-state index >= 15 is 0 Å². The van der Waals surface area contributed by atoms with E-state index in [4.69, 9.17) is 4.74 Å². The molecule has 1 amide bonds. The molecule has 0 aliphatic carbocycles. The SMILES string of the molecule is Cc1cccc(C2CCCN2C(=O)OC(C)(C)C)c1C. The number of ether oxygens (including phenoxy) is 1. The molecule has 1 aromatic carbocycles. The van der Waals surface area contributed by atoms with Crippen molar-refractivity contribution >= 4 is 6.09 Å². The van der Waals surface area contributed by atoms with Crippen LogP contribution < -0.4 is 0 Å². The Balaban J connectivity index is 2.23. The Kier molecular flexibility index (Phi) is 4.07. The Morgan fingerprint density at radius 2 is 2.00 bits per heavy atom. The van der Waals surface area contributed by atoms with Crippen molar-refractivity contribution < 1.29 is 9.53 Å². The van der Waals surface area contributed by atoms with Crippen LogP contribution in [-0.4, -0.2) is 23.1 Å². The molecule has 3 heteroatoms. The lowest BCUT2D eigenvalue weighted by atomic mass is 9.96. The van der Waals surface area contributed by atoms with Crippen molar-refractivity contribution in [2.45, 2.75) is 59.1 Å². The summed E-state index contributed by atoms with van der Waals surface area (Å²) in [6.07, 6.45) is 1.86. The molecular weight excluding hydrogens is 250 g/mol. The first-order valence-corrected chi connectivity index (χ1v) is 7.35. The largest absolute Gasteiger partial charge is 0.444 e. The lowest BCUT2D eigenvalue weighted by Gasteiger charge is -2.29. The van der Waals surface area contributed by atoms with Gasteiger partial charge in [-0.3, -0.25) is 0 Å². The van der Waals surface area contributed by atoms with Gasteiger partial charge in [0.1, 0.15) is 5.60 Å².